The molecule has 0 spiro atoms. The van der Waals surface area contributed by atoms with E-state index in [1.165, 1.54) is 37.0 Å². The number of benzene rings is 1. The van der Waals surface area contributed by atoms with Crippen LogP contribution in [0.1, 0.15) is 36.0 Å². The van der Waals surface area contributed by atoms with Gasteiger partial charge in [0.15, 0.2) is 5.13 Å². The van der Waals surface area contributed by atoms with E-state index in [4.69, 9.17) is 5.73 Å². The second-order valence-electron chi connectivity index (χ2n) is 7.45. The lowest BCUT2D eigenvalue weighted by atomic mass is 9.60. The average Bonchev–Trinajstić information content (AvgIpc) is 3.18. The fraction of sp³-hybridized carbons (Fsp3) is 0.556. The Labute approximate surface area is 139 Å². The third-order valence-corrected chi connectivity index (χ3v) is 7.24. The molecule has 3 aliphatic carbocycles. The van der Waals surface area contributed by atoms with Crippen molar-refractivity contribution in [2.24, 2.45) is 23.7 Å². The van der Waals surface area contributed by atoms with Gasteiger partial charge in [-0.2, -0.15) is 0 Å². The van der Waals surface area contributed by atoms with Gasteiger partial charge in [0.2, 0.25) is 0 Å². The number of amides is 1. The maximum absolute atomic E-state index is 12.9. The number of aromatic nitrogens is 1. The van der Waals surface area contributed by atoms with Crippen LogP contribution in [-0.4, -0.2) is 28.9 Å². The molecule has 6 rings (SSSR count). The number of thiazole rings is 1. The lowest BCUT2D eigenvalue weighted by molar-refractivity contribution is 0.0577. The molecule has 4 fully saturated rings. The molecule has 1 aliphatic heterocycles. The van der Waals surface area contributed by atoms with Gasteiger partial charge in [0.1, 0.15) is 0 Å². The molecule has 4 nitrogen and oxygen atoms in total. The Kier molecular flexibility index (Phi) is 2.96. The lowest BCUT2D eigenvalue weighted by Crippen LogP contribution is -2.38. The molecular formula is C18H21N3OS. The number of anilines is 1. The standard InChI is InChI=1S/C18H21N3OS/c19-18-20-15-7-12(5-6-16(15)23-18)17(22)21-8-13-10-1-2-11(4-3-10)14(13)9-21/h5-7,10-11,13-14H,1-4,8-9H2,(H2,19,20)/t10?,11?,13-,14+. The number of nitrogens with two attached hydrogens (primary N) is 1. The third-order valence-electron chi connectivity index (χ3n) is 6.38. The monoisotopic (exact) mass is 327 g/mol. The minimum absolute atomic E-state index is 0.173. The molecule has 4 aliphatic rings. The topological polar surface area (TPSA) is 59.2 Å². The van der Waals surface area contributed by atoms with Crippen LogP contribution in [0.4, 0.5) is 5.13 Å². The summed E-state index contributed by atoms with van der Waals surface area (Å²) in [4.78, 5) is 19.4. The van der Waals surface area contributed by atoms with Crippen LogP contribution in [0.3, 0.4) is 0 Å². The third kappa shape index (κ3) is 2.09. The molecule has 1 aromatic carbocycles. The first-order valence-corrected chi connectivity index (χ1v) is 9.46. The van der Waals surface area contributed by atoms with E-state index in [0.717, 1.165) is 52.5 Å². The Bertz CT molecular complexity index is 758. The van der Waals surface area contributed by atoms with Crippen LogP contribution in [0.5, 0.6) is 0 Å². The van der Waals surface area contributed by atoms with Crippen LogP contribution in [0.15, 0.2) is 18.2 Å². The van der Waals surface area contributed by atoms with Gasteiger partial charge in [-0.1, -0.05) is 11.3 Å². The quantitative estimate of drug-likeness (QED) is 0.873. The molecule has 0 radical (unpaired) electrons. The van der Waals surface area contributed by atoms with Crippen LogP contribution in [0.2, 0.25) is 0 Å². The van der Waals surface area contributed by atoms with E-state index < -0.39 is 0 Å². The number of rotatable bonds is 1. The van der Waals surface area contributed by atoms with E-state index in [1.807, 2.05) is 18.2 Å². The molecule has 1 saturated heterocycles. The first kappa shape index (κ1) is 13.8. The highest BCUT2D eigenvalue weighted by Crippen LogP contribution is 2.52. The smallest absolute Gasteiger partial charge is 0.253 e. The fourth-order valence-electron chi connectivity index (χ4n) is 5.28. The Morgan fingerprint density at radius 1 is 1.13 bits per heavy atom. The molecule has 2 heterocycles. The molecule has 120 valence electrons. The number of likely N-dealkylation sites (tertiary alicyclic amines) is 1. The Morgan fingerprint density at radius 3 is 2.43 bits per heavy atom. The summed E-state index contributed by atoms with van der Waals surface area (Å²) in [5.41, 5.74) is 7.37. The second kappa shape index (κ2) is 4.94. The molecule has 2 aromatic rings. The first-order chi connectivity index (χ1) is 11.2. The first-order valence-electron chi connectivity index (χ1n) is 8.64. The minimum atomic E-state index is 0.173. The molecule has 2 N–H and O–H groups in total. The van der Waals surface area contributed by atoms with E-state index in [-0.39, 0.29) is 5.91 Å². The predicted octanol–water partition coefficient (Wildman–Crippen LogP) is 3.39. The van der Waals surface area contributed by atoms with Crippen molar-refractivity contribution in [2.75, 3.05) is 18.8 Å². The highest BCUT2D eigenvalue weighted by atomic mass is 32.1. The highest BCUT2D eigenvalue weighted by Gasteiger charge is 2.49. The van der Waals surface area contributed by atoms with Crippen molar-refractivity contribution in [2.45, 2.75) is 25.7 Å². The summed E-state index contributed by atoms with van der Waals surface area (Å²) >= 11 is 1.47. The van der Waals surface area contributed by atoms with Crippen molar-refractivity contribution in [3.05, 3.63) is 23.8 Å². The maximum atomic E-state index is 12.9. The zero-order valence-corrected chi connectivity index (χ0v) is 13.9. The molecule has 1 aromatic heterocycles. The van der Waals surface area contributed by atoms with Crippen LogP contribution in [0.25, 0.3) is 10.2 Å². The van der Waals surface area contributed by atoms with E-state index in [2.05, 4.69) is 9.88 Å². The van der Waals surface area contributed by atoms with Crippen molar-refractivity contribution in [3.63, 3.8) is 0 Å². The molecule has 23 heavy (non-hydrogen) atoms. The van der Waals surface area contributed by atoms with Gasteiger partial charge in [-0.3, -0.25) is 4.79 Å². The number of hydrogen-bond donors (Lipinski definition) is 1. The van der Waals surface area contributed by atoms with Crippen LogP contribution < -0.4 is 5.73 Å². The molecule has 3 saturated carbocycles. The minimum Gasteiger partial charge on any atom is -0.375 e. The van der Waals surface area contributed by atoms with Crippen molar-refractivity contribution in [3.8, 4) is 0 Å². The summed E-state index contributed by atoms with van der Waals surface area (Å²) in [6.07, 6.45) is 5.55. The largest absolute Gasteiger partial charge is 0.375 e. The number of nitrogens with zero attached hydrogens (tertiary/aromatic N) is 2. The Balaban J connectivity index is 1.42. The van der Waals surface area contributed by atoms with Crippen molar-refractivity contribution < 1.29 is 4.79 Å². The van der Waals surface area contributed by atoms with Gasteiger partial charge in [0.25, 0.3) is 5.91 Å². The maximum Gasteiger partial charge on any atom is 0.253 e. The number of hydrogen-bond acceptors (Lipinski definition) is 4. The average molecular weight is 327 g/mol. The fourth-order valence-corrected chi connectivity index (χ4v) is 5.99. The van der Waals surface area contributed by atoms with E-state index in [9.17, 15) is 4.79 Å². The Hall–Kier alpha value is -1.62. The van der Waals surface area contributed by atoms with Crippen LogP contribution in [0, 0.1) is 23.7 Å². The number of nitrogen functional groups attached to an aromatic ring is 1. The number of carbonyl (C=O) groups excluding carboxylic acids is 1. The SMILES string of the molecule is Nc1nc2cc(C(=O)N3C[C@@H]4C5CCC(CC5)[C@@H]4C3)ccc2s1. The zero-order valence-electron chi connectivity index (χ0n) is 13.1. The summed E-state index contributed by atoms with van der Waals surface area (Å²) in [7, 11) is 0. The summed E-state index contributed by atoms with van der Waals surface area (Å²) in [5.74, 6) is 3.41. The number of carbonyl (C=O) groups is 1. The van der Waals surface area contributed by atoms with E-state index in [1.54, 1.807) is 0 Å². The van der Waals surface area contributed by atoms with Gasteiger partial charge >= 0.3 is 0 Å². The zero-order chi connectivity index (χ0) is 15.6. The molecule has 2 bridgehead atoms. The molecular weight excluding hydrogens is 306 g/mol. The second-order valence-corrected chi connectivity index (χ2v) is 8.51. The predicted molar refractivity (Wildman–Crippen MR) is 92.4 cm³/mol. The highest BCUT2D eigenvalue weighted by molar-refractivity contribution is 7.22. The summed E-state index contributed by atoms with van der Waals surface area (Å²) in [5, 5.41) is 0.563. The van der Waals surface area contributed by atoms with E-state index in [0.29, 0.717) is 5.13 Å². The van der Waals surface area contributed by atoms with Crippen LogP contribution >= 0.6 is 11.3 Å². The molecule has 5 heteroatoms. The van der Waals surface area contributed by atoms with Crippen molar-refractivity contribution >= 4 is 32.6 Å². The molecule has 1 amide bonds. The Morgan fingerprint density at radius 2 is 1.78 bits per heavy atom. The van der Waals surface area contributed by atoms with Gasteiger partial charge in [0.05, 0.1) is 10.2 Å². The van der Waals surface area contributed by atoms with Crippen LogP contribution in [-0.2, 0) is 0 Å². The van der Waals surface area contributed by atoms with Gasteiger partial charge in [-0.25, -0.2) is 4.98 Å². The summed E-state index contributed by atoms with van der Waals surface area (Å²) in [6.45, 7) is 1.92. The normalized spacial score (nSPS) is 32.4. The van der Waals surface area contributed by atoms with Gasteiger partial charge in [-0.15, -0.1) is 0 Å². The van der Waals surface area contributed by atoms with Gasteiger partial charge in [-0.05, 0) is 67.6 Å². The number of fused-ring (bicyclic) bond motifs is 3. The van der Waals surface area contributed by atoms with E-state index >= 15 is 0 Å². The van der Waals surface area contributed by atoms with Gasteiger partial charge in [0, 0.05) is 18.7 Å². The molecule has 0 unspecified atom stereocenters. The summed E-state index contributed by atoms with van der Waals surface area (Å²) < 4.78 is 1.05. The van der Waals surface area contributed by atoms with Gasteiger partial charge < -0.3 is 10.6 Å². The summed E-state index contributed by atoms with van der Waals surface area (Å²) in [6, 6.07) is 5.81. The molecule has 2 atom stereocenters. The van der Waals surface area contributed by atoms with Crippen molar-refractivity contribution in [1.82, 2.24) is 9.88 Å². The lowest BCUT2D eigenvalue weighted by Gasteiger charge is -2.44. The van der Waals surface area contributed by atoms with Crippen molar-refractivity contribution in [1.29, 1.82) is 0 Å².